The minimum atomic E-state index is -0.0559. The molecule has 1 amide bonds. The van der Waals surface area contributed by atoms with E-state index in [4.69, 9.17) is 0 Å². The van der Waals surface area contributed by atoms with E-state index in [9.17, 15) is 4.79 Å². The van der Waals surface area contributed by atoms with E-state index >= 15 is 0 Å². The van der Waals surface area contributed by atoms with Crippen LogP contribution in [-0.4, -0.2) is 40.1 Å². The Kier molecular flexibility index (Phi) is 6.85. The molecular weight excluding hydrogens is 338 g/mol. The summed E-state index contributed by atoms with van der Waals surface area (Å²) in [5, 5.41) is 2.99. The third-order valence-corrected chi connectivity index (χ3v) is 5.07. The second-order valence-corrected chi connectivity index (χ2v) is 7.55. The third-order valence-electron chi connectivity index (χ3n) is 5.07. The molecule has 0 saturated carbocycles. The van der Waals surface area contributed by atoms with Crippen LogP contribution in [0, 0.1) is 0 Å². The van der Waals surface area contributed by atoms with Crippen molar-refractivity contribution < 1.29 is 4.79 Å². The number of amides is 1. The second-order valence-electron chi connectivity index (χ2n) is 7.55. The normalized spacial score (nSPS) is 15.0. The molecule has 2 aromatic rings. The van der Waals surface area contributed by atoms with Gasteiger partial charge in [0.1, 0.15) is 11.6 Å². The summed E-state index contributed by atoms with van der Waals surface area (Å²) < 4.78 is 2.16. The lowest BCUT2D eigenvalue weighted by Crippen LogP contribution is -2.27. The van der Waals surface area contributed by atoms with Crippen molar-refractivity contribution in [1.82, 2.24) is 19.9 Å². The van der Waals surface area contributed by atoms with Crippen LogP contribution in [0.1, 0.15) is 68.1 Å². The van der Waals surface area contributed by atoms with E-state index in [1.165, 1.54) is 25.7 Å². The topological polar surface area (TPSA) is 63.1 Å². The number of hydrogen-bond acceptors (Lipinski definition) is 4. The maximum absolute atomic E-state index is 12.3. The van der Waals surface area contributed by atoms with E-state index in [2.05, 4.69) is 38.6 Å². The molecule has 2 aromatic heterocycles. The lowest BCUT2D eigenvalue weighted by atomic mass is 10.2. The van der Waals surface area contributed by atoms with Crippen molar-refractivity contribution in [3.63, 3.8) is 0 Å². The van der Waals surface area contributed by atoms with Crippen molar-refractivity contribution in [2.75, 3.05) is 24.5 Å². The number of anilines is 1. The van der Waals surface area contributed by atoms with Crippen molar-refractivity contribution in [3.05, 3.63) is 42.1 Å². The summed E-state index contributed by atoms with van der Waals surface area (Å²) in [7, 11) is 0. The maximum atomic E-state index is 12.3. The molecule has 1 aliphatic rings. The van der Waals surface area contributed by atoms with Gasteiger partial charge >= 0.3 is 0 Å². The SMILES string of the molecule is CC(C)c1nccn1CCCNC(=O)c1ccc(N2CCCCCC2)nc1. The summed E-state index contributed by atoms with van der Waals surface area (Å²) in [6, 6.07) is 3.86. The van der Waals surface area contributed by atoms with E-state index < -0.39 is 0 Å². The first-order valence-corrected chi connectivity index (χ1v) is 10.2. The average Bonchev–Trinajstić information content (AvgIpc) is 2.98. The van der Waals surface area contributed by atoms with Crippen molar-refractivity contribution in [3.8, 4) is 0 Å². The number of rotatable bonds is 7. The molecule has 0 spiro atoms. The minimum Gasteiger partial charge on any atom is -0.357 e. The zero-order valence-corrected chi connectivity index (χ0v) is 16.5. The highest BCUT2D eigenvalue weighted by molar-refractivity contribution is 5.94. The summed E-state index contributed by atoms with van der Waals surface area (Å²) in [4.78, 5) is 23.6. The molecule has 0 atom stereocenters. The molecule has 3 rings (SSSR count). The zero-order chi connectivity index (χ0) is 19.1. The first kappa shape index (κ1) is 19.4. The molecule has 0 bridgehead atoms. The molecule has 0 radical (unpaired) electrons. The summed E-state index contributed by atoms with van der Waals surface area (Å²) in [5.41, 5.74) is 0.624. The lowest BCUT2D eigenvalue weighted by Gasteiger charge is -2.21. The molecule has 146 valence electrons. The number of aromatic nitrogens is 3. The Morgan fingerprint density at radius 3 is 2.59 bits per heavy atom. The van der Waals surface area contributed by atoms with Crippen LogP contribution in [0.5, 0.6) is 0 Å². The van der Waals surface area contributed by atoms with Crippen LogP contribution < -0.4 is 10.2 Å². The van der Waals surface area contributed by atoms with Gasteiger partial charge in [0.05, 0.1) is 5.56 Å². The fraction of sp³-hybridized carbons (Fsp3) is 0.571. The van der Waals surface area contributed by atoms with Crippen LogP contribution in [0.25, 0.3) is 0 Å². The van der Waals surface area contributed by atoms with Crippen LogP contribution in [0.4, 0.5) is 5.82 Å². The van der Waals surface area contributed by atoms with Gasteiger partial charge in [-0.1, -0.05) is 26.7 Å². The number of aryl methyl sites for hydroxylation is 1. The quantitative estimate of drug-likeness (QED) is 0.758. The molecule has 0 aliphatic carbocycles. The minimum absolute atomic E-state index is 0.0559. The van der Waals surface area contributed by atoms with Crippen molar-refractivity contribution >= 4 is 11.7 Å². The Balaban J connectivity index is 1.46. The number of pyridine rings is 1. The largest absolute Gasteiger partial charge is 0.357 e. The van der Waals surface area contributed by atoms with Gasteiger partial charge in [0.25, 0.3) is 5.91 Å². The Labute approximate surface area is 162 Å². The summed E-state index contributed by atoms with van der Waals surface area (Å²) in [6.45, 7) is 7.91. The van der Waals surface area contributed by atoms with Crippen LogP contribution in [0.3, 0.4) is 0 Å². The maximum Gasteiger partial charge on any atom is 0.252 e. The van der Waals surface area contributed by atoms with Gasteiger partial charge in [0.15, 0.2) is 0 Å². The van der Waals surface area contributed by atoms with Crippen LogP contribution >= 0.6 is 0 Å². The summed E-state index contributed by atoms with van der Waals surface area (Å²) in [5.74, 6) is 2.42. The summed E-state index contributed by atoms with van der Waals surface area (Å²) >= 11 is 0. The third kappa shape index (κ3) is 5.31. The number of imidazole rings is 1. The molecule has 1 saturated heterocycles. The number of carbonyl (C=O) groups is 1. The molecule has 6 nitrogen and oxygen atoms in total. The van der Waals surface area contributed by atoms with Gasteiger partial charge in [-0.2, -0.15) is 0 Å². The average molecular weight is 370 g/mol. The van der Waals surface area contributed by atoms with Crippen molar-refractivity contribution in [1.29, 1.82) is 0 Å². The number of nitrogens with one attached hydrogen (secondary N) is 1. The Morgan fingerprint density at radius 1 is 1.15 bits per heavy atom. The van der Waals surface area contributed by atoms with Crippen molar-refractivity contribution in [2.45, 2.75) is 58.4 Å². The van der Waals surface area contributed by atoms with Gasteiger partial charge in [-0.25, -0.2) is 9.97 Å². The van der Waals surface area contributed by atoms with E-state index in [1.54, 1.807) is 6.20 Å². The molecule has 1 N–H and O–H groups in total. The number of hydrogen-bond donors (Lipinski definition) is 1. The monoisotopic (exact) mass is 369 g/mol. The standard InChI is InChI=1S/C21H31N5O/c1-17(2)20-22-11-15-26(20)14-7-10-23-21(27)18-8-9-19(24-16-18)25-12-5-3-4-6-13-25/h8-9,11,15-17H,3-7,10,12-14H2,1-2H3,(H,23,27). The van der Waals surface area contributed by atoms with Gasteiger partial charge in [-0.3, -0.25) is 4.79 Å². The predicted octanol–water partition coefficient (Wildman–Crippen LogP) is 3.60. The molecule has 1 fully saturated rings. The van der Waals surface area contributed by atoms with E-state index in [1.807, 2.05) is 24.5 Å². The highest BCUT2D eigenvalue weighted by Gasteiger charge is 2.12. The Hall–Kier alpha value is -2.37. The molecule has 0 unspecified atom stereocenters. The van der Waals surface area contributed by atoms with Gasteiger partial charge in [0, 0.05) is 50.7 Å². The van der Waals surface area contributed by atoms with Crippen molar-refractivity contribution in [2.24, 2.45) is 0 Å². The molecule has 1 aliphatic heterocycles. The van der Waals surface area contributed by atoms with Crippen LogP contribution in [0.2, 0.25) is 0 Å². The molecular formula is C21H31N5O. The predicted molar refractivity (Wildman–Crippen MR) is 108 cm³/mol. The molecule has 3 heterocycles. The Morgan fingerprint density at radius 2 is 1.93 bits per heavy atom. The first-order chi connectivity index (χ1) is 13.1. The van der Waals surface area contributed by atoms with Crippen LogP contribution in [0.15, 0.2) is 30.7 Å². The van der Waals surface area contributed by atoms with Crippen LogP contribution in [-0.2, 0) is 6.54 Å². The van der Waals surface area contributed by atoms with E-state index in [0.29, 0.717) is 18.0 Å². The zero-order valence-electron chi connectivity index (χ0n) is 16.5. The van der Waals surface area contributed by atoms with Gasteiger partial charge in [0.2, 0.25) is 0 Å². The molecule has 27 heavy (non-hydrogen) atoms. The second kappa shape index (κ2) is 9.53. The van der Waals surface area contributed by atoms with Gasteiger partial charge in [-0.05, 0) is 31.4 Å². The number of nitrogens with zero attached hydrogens (tertiary/aromatic N) is 4. The molecule has 6 heteroatoms. The molecule has 0 aromatic carbocycles. The first-order valence-electron chi connectivity index (χ1n) is 10.2. The fourth-order valence-corrected chi connectivity index (χ4v) is 3.57. The van der Waals surface area contributed by atoms with Gasteiger partial charge in [-0.15, -0.1) is 0 Å². The van der Waals surface area contributed by atoms with E-state index in [0.717, 1.165) is 37.7 Å². The fourth-order valence-electron chi connectivity index (χ4n) is 3.57. The van der Waals surface area contributed by atoms with E-state index in [-0.39, 0.29) is 5.91 Å². The lowest BCUT2D eigenvalue weighted by molar-refractivity contribution is 0.0952. The highest BCUT2D eigenvalue weighted by Crippen LogP contribution is 2.17. The Bertz CT molecular complexity index is 714. The highest BCUT2D eigenvalue weighted by atomic mass is 16.1. The summed E-state index contributed by atoms with van der Waals surface area (Å²) in [6.07, 6.45) is 11.5. The number of carbonyl (C=O) groups excluding carboxylic acids is 1. The smallest absolute Gasteiger partial charge is 0.252 e. The van der Waals surface area contributed by atoms with Gasteiger partial charge < -0.3 is 14.8 Å².